The van der Waals surface area contributed by atoms with E-state index in [2.05, 4.69) is 68.3 Å². The average molecular weight is 301 g/mol. The van der Waals surface area contributed by atoms with Gasteiger partial charge in [0.05, 0.1) is 17.9 Å². The topological polar surface area (TPSA) is 15.6 Å². The van der Waals surface area contributed by atoms with Crippen molar-refractivity contribution in [3.8, 4) is 0 Å². The summed E-state index contributed by atoms with van der Waals surface area (Å²) >= 11 is 3.46. The molecule has 2 nitrogen and oxygen atoms in total. The zero-order chi connectivity index (χ0) is 12.4. The summed E-state index contributed by atoms with van der Waals surface area (Å²) in [5, 5.41) is 0. The van der Waals surface area contributed by atoms with Crippen LogP contribution in [0.2, 0.25) is 0 Å². The Balaban J connectivity index is 1.86. The third-order valence-electron chi connectivity index (χ3n) is 3.04. The largest absolute Gasteiger partial charge is 0.360 e. The smallest absolute Gasteiger partial charge is 0.0860 e. The Morgan fingerprint density at radius 1 is 1.06 bits per heavy atom. The minimum absolute atomic E-state index is 0.868. The van der Waals surface area contributed by atoms with Crippen LogP contribution in [0.25, 0.3) is 0 Å². The van der Waals surface area contributed by atoms with E-state index in [1.165, 1.54) is 11.3 Å². The molecule has 2 aromatic carbocycles. The van der Waals surface area contributed by atoms with Gasteiger partial charge in [-0.1, -0.05) is 40.2 Å². The van der Waals surface area contributed by atoms with E-state index in [0.29, 0.717) is 0 Å². The second-order valence-electron chi connectivity index (χ2n) is 4.31. The molecule has 0 aliphatic carbocycles. The van der Waals surface area contributed by atoms with Crippen LogP contribution >= 0.6 is 15.9 Å². The molecule has 1 heterocycles. The minimum Gasteiger partial charge on any atom is -0.360 e. The lowest BCUT2D eigenvalue weighted by molar-refractivity contribution is 0.881. The van der Waals surface area contributed by atoms with Crippen molar-refractivity contribution in [1.29, 1.82) is 0 Å². The SMILES string of the molecule is Brc1ccc(CN2CC=Nc3ccccc32)cc1. The summed E-state index contributed by atoms with van der Waals surface area (Å²) in [7, 11) is 0. The maximum absolute atomic E-state index is 4.42. The molecule has 0 amide bonds. The Hall–Kier alpha value is -1.61. The van der Waals surface area contributed by atoms with Gasteiger partial charge in [-0.2, -0.15) is 0 Å². The molecule has 0 radical (unpaired) electrons. The van der Waals surface area contributed by atoms with Crippen LogP contribution < -0.4 is 4.90 Å². The molecule has 0 aromatic heterocycles. The van der Waals surface area contributed by atoms with Crippen molar-refractivity contribution in [2.24, 2.45) is 4.99 Å². The van der Waals surface area contributed by atoms with Gasteiger partial charge in [-0.3, -0.25) is 4.99 Å². The molecule has 0 bridgehead atoms. The number of nitrogens with zero attached hydrogens (tertiary/aromatic N) is 2. The highest BCUT2D eigenvalue weighted by atomic mass is 79.9. The van der Waals surface area contributed by atoms with Crippen molar-refractivity contribution in [2.75, 3.05) is 11.4 Å². The first kappa shape index (κ1) is 11.5. The highest BCUT2D eigenvalue weighted by Crippen LogP contribution is 2.31. The summed E-state index contributed by atoms with van der Waals surface area (Å²) in [5.41, 5.74) is 3.58. The zero-order valence-corrected chi connectivity index (χ0v) is 11.5. The molecule has 0 atom stereocenters. The van der Waals surface area contributed by atoms with Gasteiger partial charge in [0.2, 0.25) is 0 Å². The number of rotatable bonds is 2. The molecule has 2 aromatic rings. The molecule has 3 rings (SSSR count). The second kappa shape index (κ2) is 4.94. The second-order valence-corrected chi connectivity index (χ2v) is 5.22. The number of para-hydroxylation sites is 2. The van der Waals surface area contributed by atoms with Crippen LogP contribution in [0.4, 0.5) is 11.4 Å². The third kappa shape index (κ3) is 2.31. The molecule has 3 heteroatoms. The van der Waals surface area contributed by atoms with Crippen LogP contribution in [0.15, 0.2) is 58.0 Å². The maximum Gasteiger partial charge on any atom is 0.0860 e. The molecule has 90 valence electrons. The van der Waals surface area contributed by atoms with E-state index in [9.17, 15) is 0 Å². The molecule has 0 N–H and O–H groups in total. The van der Waals surface area contributed by atoms with Crippen molar-refractivity contribution in [2.45, 2.75) is 6.54 Å². The van der Waals surface area contributed by atoms with Crippen molar-refractivity contribution in [3.05, 3.63) is 58.6 Å². The van der Waals surface area contributed by atoms with Gasteiger partial charge in [-0.05, 0) is 29.8 Å². The summed E-state index contributed by atoms with van der Waals surface area (Å²) in [6.07, 6.45) is 1.97. The molecule has 0 saturated carbocycles. The van der Waals surface area contributed by atoms with Gasteiger partial charge in [0, 0.05) is 17.2 Å². The highest BCUT2D eigenvalue weighted by Gasteiger charge is 2.13. The summed E-state index contributed by atoms with van der Waals surface area (Å²) in [5.74, 6) is 0. The number of hydrogen-bond acceptors (Lipinski definition) is 2. The molecule has 18 heavy (non-hydrogen) atoms. The van der Waals surface area contributed by atoms with Gasteiger partial charge in [0.25, 0.3) is 0 Å². The maximum atomic E-state index is 4.42. The van der Waals surface area contributed by atoms with Crippen LogP contribution in [0, 0.1) is 0 Å². The first-order valence-corrected chi connectivity index (χ1v) is 6.73. The molecule has 1 aliphatic heterocycles. The Morgan fingerprint density at radius 2 is 1.83 bits per heavy atom. The predicted octanol–water partition coefficient (Wildman–Crippen LogP) is 4.17. The van der Waals surface area contributed by atoms with Gasteiger partial charge in [0.1, 0.15) is 0 Å². The Kier molecular flexibility index (Phi) is 3.15. The molecule has 0 spiro atoms. The number of hydrogen-bond donors (Lipinski definition) is 0. The Labute approximate surface area is 115 Å². The van der Waals surface area contributed by atoms with Gasteiger partial charge < -0.3 is 4.90 Å². The monoisotopic (exact) mass is 300 g/mol. The quantitative estimate of drug-likeness (QED) is 0.813. The van der Waals surface area contributed by atoms with Crippen molar-refractivity contribution < 1.29 is 0 Å². The van der Waals surface area contributed by atoms with Crippen LogP contribution in [0.5, 0.6) is 0 Å². The van der Waals surface area contributed by atoms with E-state index >= 15 is 0 Å². The normalized spacial score (nSPS) is 13.5. The fraction of sp³-hybridized carbons (Fsp3) is 0.133. The lowest BCUT2D eigenvalue weighted by Gasteiger charge is -2.27. The van der Waals surface area contributed by atoms with Crippen molar-refractivity contribution in [1.82, 2.24) is 0 Å². The summed E-state index contributed by atoms with van der Waals surface area (Å²) in [6.45, 7) is 1.78. The number of aliphatic imine (C=N–C) groups is 1. The minimum atomic E-state index is 0.868. The van der Waals surface area contributed by atoms with E-state index in [-0.39, 0.29) is 0 Å². The fourth-order valence-electron chi connectivity index (χ4n) is 2.14. The van der Waals surface area contributed by atoms with Crippen molar-refractivity contribution in [3.63, 3.8) is 0 Å². The van der Waals surface area contributed by atoms with Gasteiger partial charge in [0.15, 0.2) is 0 Å². The van der Waals surface area contributed by atoms with Gasteiger partial charge in [-0.15, -0.1) is 0 Å². The van der Waals surface area contributed by atoms with Gasteiger partial charge >= 0.3 is 0 Å². The average Bonchev–Trinajstić information content (AvgIpc) is 2.42. The number of fused-ring (bicyclic) bond motifs is 1. The lowest BCUT2D eigenvalue weighted by Crippen LogP contribution is -2.26. The molecular weight excluding hydrogens is 288 g/mol. The Morgan fingerprint density at radius 3 is 2.67 bits per heavy atom. The van der Waals surface area contributed by atoms with Crippen molar-refractivity contribution >= 4 is 33.5 Å². The number of halogens is 1. The van der Waals surface area contributed by atoms with E-state index in [1.807, 2.05) is 12.3 Å². The summed E-state index contributed by atoms with van der Waals surface area (Å²) in [4.78, 5) is 6.76. The highest BCUT2D eigenvalue weighted by molar-refractivity contribution is 9.10. The molecule has 0 fully saturated rings. The number of benzene rings is 2. The summed E-state index contributed by atoms with van der Waals surface area (Å²) in [6, 6.07) is 16.7. The van der Waals surface area contributed by atoms with Gasteiger partial charge in [-0.25, -0.2) is 0 Å². The van der Waals surface area contributed by atoms with E-state index < -0.39 is 0 Å². The van der Waals surface area contributed by atoms with Crippen LogP contribution in [-0.2, 0) is 6.54 Å². The van der Waals surface area contributed by atoms with E-state index in [0.717, 1.165) is 23.2 Å². The fourth-order valence-corrected chi connectivity index (χ4v) is 2.40. The molecule has 1 aliphatic rings. The molecule has 0 unspecified atom stereocenters. The van der Waals surface area contributed by atoms with E-state index in [4.69, 9.17) is 0 Å². The first-order valence-electron chi connectivity index (χ1n) is 5.94. The lowest BCUT2D eigenvalue weighted by atomic mass is 10.1. The van der Waals surface area contributed by atoms with Crippen LogP contribution in [0.3, 0.4) is 0 Å². The Bertz CT molecular complexity index is 575. The standard InChI is InChI=1S/C15H13BrN2/c16-13-7-5-12(6-8-13)11-18-10-9-17-14-3-1-2-4-15(14)18/h1-9H,10-11H2. The first-order chi connectivity index (χ1) is 8.83. The zero-order valence-electron chi connectivity index (χ0n) is 9.88. The number of anilines is 1. The summed E-state index contributed by atoms with van der Waals surface area (Å²) < 4.78 is 1.12. The third-order valence-corrected chi connectivity index (χ3v) is 3.57. The van der Waals surface area contributed by atoms with Crippen LogP contribution in [-0.4, -0.2) is 12.8 Å². The van der Waals surface area contributed by atoms with E-state index in [1.54, 1.807) is 0 Å². The molecule has 0 saturated heterocycles. The van der Waals surface area contributed by atoms with Crippen LogP contribution in [0.1, 0.15) is 5.56 Å². The predicted molar refractivity (Wildman–Crippen MR) is 79.8 cm³/mol. The molecular formula is C15H13BrN2.